The Balaban J connectivity index is 1.28. The molecular weight excluding hydrogens is 687 g/mol. The Hall–Kier alpha value is -6.02. The summed E-state index contributed by atoms with van der Waals surface area (Å²) in [4.78, 5) is 16.2. The van der Waals surface area contributed by atoms with Gasteiger partial charge in [0, 0.05) is 0 Å². The first kappa shape index (κ1) is 32.6. The molecule has 3 nitrogen and oxygen atoms in total. The molecule has 54 heavy (non-hydrogen) atoms. The van der Waals surface area contributed by atoms with Crippen LogP contribution in [0.1, 0.15) is 0 Å². The van der Waals surface area contributed by atoms with Crippen molar-refractivity contribution in [3.05, 3.63) is 164 Å². The summed E-state index contributed by atoms with van der Waals surface area (Å²) in [7, 11) is -4.58. The molecule has 0 atom stereocenters. The Morgan fingerprint density at radius 1 is 0.389 bits per heavy atom. The predicted molar refractivity (Wildman–Crippen MR) is 233 cm³/mol. The molecule has 0 amide bonds. The van der Waals surface area contributed by atoms with Crippen LogP contribution in [-0.4, -0.2) is 31.1 Å². The van der Waals surface area contributed by atoms with Gasteiger partial charge in [-0.2, -0.15) is 0 Å². The normalized spacial score (nSPS) is 14.8. The number of hydrogen-bond acceptors (Lipinski definition) is 3. The third-order valence-corrected chi connectivity index (χ3v) is 19.6. The van der Waals surface area contributed by atoms with E-state index in [1.165, 1.54) is 65.3 Å². The summed E-state index contributed by atoms with van der Waals surface area (Å²) in [6.07, 6.45) is 0. The van der Waals surface area contributed by atoms with Crippen molar-refractivity contribution < 1.29 is 0 Å². The minimum atomic E-state index is -2.48. The van der Waals surface area contributed by atoms with E-state index in [0.717, 1.165) is 16.7 Å². The first-order valence-corrected chi connectivity index (χ1v) is 25.5. The topological polar surface area (TPSA) is 38.7 Å². The molecule has 1 aromatic heterocycles. The molecule has 0 aliphatic carbocycles. The van der Waals surface area contributed by atoms with Crippen LogP contribution in [0.25, 0.3) is 78.7 Å². The third kappa shape index (κ3) is 4.89. The number of benzene rings is 7. The summed E-state index contributed by atoms with van der Waals surface area (Å²) in [5.74, 6) is 2.11. The van der Waals surface area contributed by atoms with E-state index in [1.807, 2.05) is 6.07 Å². The molecule has 0 bridgehead atoms. The monoisotopic (exact) mass is 726 g/mol. The van der Waals surface area contributed by atoms with Crippen LogP contribution in [0.15, 0.2) is 164 Å². The maximum absolute atomic E-state index is 5.51. The Labute approximate surface area is 319 Å². The van der Waals surface area contributed by atoms with Crippen molar-refractivity contribution in [3.8, 4) is 78.7 Å². The molecule has 2 aliphatic heterocycles. The second-order valence-electron chi connectivity index (χ2n) is 15.9. The van der Waals surface area contributed by atoms with Gasteiger partial charge in [-0.3, -0.25) is 0 Å². The third-order valence-electron chi connectivity index (χ3n) is 12.0. The van der Waals surface area contributed by atoms with E-state index in [2.05, 4.69) is 184 Å². The maximum atomic E-state index is 5.51. The number of hydrogen-bond donors (Lipinski definition) is 0. The number of nitrogens with zero attached hydrogens (tertiary/aromatic N) is 3. The van der Waals surface area contributed by atoms with Crippen molar-refractivity contribution in [2.75, 3.05) is 0 Å². The zero-order valence-corrected chi connectivity index (χ0v) is 33.2. The van der Waals surface area contributed by atoms with Crippen molar-refractivity contribution in [3.63, 3.8) is 0 Å². The summed E-state index contributed by atoms with van der Waals surface area (Å²) >= 11 is 0. The molecule has 0 saturated carbocycles. The van der Waals surface area contributed by atoms with Gasteiger partial charge in [0.15, 0.2) is 0 Å². The predicted octanol–water partition coefficient (Wildman–Crippen LogP) is 9.54. The molecule has 0 N–H and O–H groups in total. The molecule has 10 rings (SSSR count). The van der Waals surface area contributed by atoms with Crippen LogP contribution in [0.2, 0.25) is 26.2 Å². The SMILES string of the molecule is C[Si]1(C)c2ccccc2-c2c(-c3nc(-c4ccccc4)nc(-c4ccc(-c5ccccc5)c5c4-c4ccccc4[SiH-]5(C)C)n3)ccc(-c3ccccc3)c21. The second kappa shape index (κ2) is 12.3. The Morgan fingerprint density at radius 3 is 1.50 bits per heavy atom. The Morgan fingerprint density at radius 2 is 0.852 bits per heavy atom. The van der Waals surface area contributed by atoms with Crippen LogP contribution >= 0.6 is 0 Å². The molecule has 2 aliphatic rings. The number of rotatable bonds is 5. The molecule has 260 valence electrons. The van der Waals surface area contributed by atoms with E-state index in [9.17, 15) is 0 Å². The van der Waals surface area contributed by atoms with Gasteiger partial charge in [-0.25, -0.2) is 0 Å². The van der Waals surface area contributed by atoms with Gasteiger partial charge in [0.2, 0.25) is 0 Å². The minimum absolute atomic E-state index is 0.686. The average molecular weight is 727 g/mol. The van der Waals surface area contributed by atoms with Gasteiger partial charge in [-0.15, -0.1) is 0 Å². The van der Waals surface area contributed by atoms with E-state index < -0.39 is 16.1 Å². The summed E-state index contributed by atoms with van der Waals surface area (Å²) < 4.78 is 0. The van der Waals surface area contributed by atoms with Gasteiger partial charge in [-0.05, 0) is 0 Å². The first-order chi connectivity index (χ1) is 26.3. The number of aromatic nitrogens is 3. The first-order valence-electron chi connectivity index (χ1n) is 19.0. The quantitative estimate of drug-likeness (QED) is 0.166. The molecule has 0 radical (unpaired) electrons. The molecule has 3 heterocycles. The van der Waals surface area contributed by atoms with E-state index in [1.54, 1.807) is 0 Å². The second-order valence-corrected chi connectivity index (χ2v) is 25.1. The van der Waals surface area contributed by atoms with Gasteiger partial charge in [-0.1, -0.05) is 18.2 Å². The van der Waals surface area contributed by atoms with Crippen molar-refractivity contribution >= 4 is 36.9 Å². The van der Waals surface area contributed by atoms with Gasteiger partial charge >= 0.3 is 302 Å². The number of fused-ring (bicyclic) bond motifs is 6. The van der Waals surface area contributed by atoms with Crippen molar-refractivity contribution in [2.24, 2.45) is 0 Å². The molecule has 8 aromatic rings. The van der Waals surface area contributed by atoms with Gasteiger partial charge in [0.05, 0.1) is 0 Å². The zero-order chi connectivity index (χ0) is 36.6. The molecule has 5 heteroatoms. The summed E-state index contributed by atoms with van der Waals surface area (Å²) in [6, 6.07) is 59.3. The van der Waals surface area contributed by atoms with Crippen LogP contribution < -0.4 is 20.7 Å². The van der Waals surface area contributed by atoms with Gasteiger partial charge < -0.3 is 0 Å². The van der Waals surface area contributed by atoms with E-state index in [4.69, 9.17) is 15.0 Å². The molecule has 0 fully saturated rings. The van der Waals surface area contributed by atoms with Crippen LogP contribution in [0.4, 0.5) is 0 Å². The summed E-state index contributed by atoms with van der Waals surface area (Å²) in [5.41, 5.74) is 13.4. The average Bonchev–Trinajstić information content (AvgIpc) is 3.62. The molecule has 0 unspecified atom stereocenters. The van der Waals surface area contributed by atoms with E-state index in [-0.39, 0.29) is 0 Å². The van der Waals surface area contributed by atoms with Crippen molar-refractivity contribution in [1.29, 1.82) is 0 Å². The fourth-order valence-electron chi connectivity index (χ4n) is 9.51. The molecular formula is C49H40N3Si2-. The molecule has 7 aromatic carbocycles. The Bertz CT molecular complexity index is 2590. The van der Waals surface area contributed by atoms with Crippen LogP contribution in [0.5, 0.6) is 0 Å². The standard InChI is InChI=1S/C49H40N3Si2/c1-53(2)41-26-16-14-24-37(41)43-39(30-28-35(45(43)53)32-18-8-5-9-19-32)48-50-47(34-22-12-7-13-23-34)51-49(52-48)40-31-29-36(33-20-10-6-11-21-33)46-44(40)38-25-15-17-27-42(38)54(46,3)4/h5-31,53H,1-4H3/q-1. The van der Waals surface area contributed by atoms with Crippen molar-refractivity contribution in [1.82, 2.24) is 15.0 Å². The van der Waals surface area contributed by atoms with Crippen molar-refractivity contribution in [2.45, 2.75) is 26.2 Å². The van der Waals surface area contributed by atoms with E-state index >= 15 is 0 Å². The van der Waals surface area contributed by atoms with Gasteiger partial charge in [0.25, 0.3) is 0 Å². The molecule has 0 saturated heterocycles. The van der Waals surface area contributed by atoms with Crippen LogP contribution in [0, 0.1) is 0 Å². The van der Waals surface area contributed by atoms with Gasteiger partial charge in [0.1, 0.15) is 0 Å². The summed E-state index contributed by atoms with van der Waals surface area (Å²) in [5, 5.41) is 5.87. The van der Waals surface area contributed by atoms with Crippen LogP contribution in [-0.2, 0) is 0 Å². The fourth-order valence-corrected chi connectivity index (χ4v) is 17.0. The summed E-state index contributed by atoms with van der Waals surface area (Å²) in [6.45, 7) is 10.0. The fraction of sp³-hybridized carbons (Fsp3) is 0.0816. The Kier molecular flexibility index (Phi) is 7.41. The molecule has 0 spiro atoms. The van der Waals surface area contributed by atoms with E-state index in [0.29, 0.717) is 17.5 Å². The zero-order valence-electron chi connectivity index (χ0n) is 31.0. The van der Waals surface area contributed by atoms with Crippen LogP contribution in [0.3, 0.4) is 0 Å².